The standard InChI is InChI=1S/C44H34N2/c1-30(34-16-11-18-36(27-34)38-20-13-25-45-29-38)26-31(2)46-32(3)35-17-12-19-37(28-35)44-41-23-9-7-21-39(41)43(33-14-5-4-6-15-33)40-22-8-10-24-42(40)44/h4-29H,1H2,2-3H3/b31-26-,46-32+. The molecular formula is C44H34N2. The monoisotopic (exact) mass is 590 g/mol. The van der Waals surface area contributed by atoms with E-state index in [0.29, 0.717) is 0 Å². The molecule has 0 spiro atoms. The van der Waals surface area contributed by atoms with Crippen LogP contribution in [0.5, 0.6) is 0 Å². The average molecular weight is 591 g/mol. The molecule has 2 nitrogen and oxygen atoms in total. The predicted molar refractivity (Wildman–Crippen MR) is 197 cm³/mol. The Balaban J connectivity index is 1.26. The summed E-state index contributed by atoms with van der Waals surface area (Å²) in [5, 5.41) is 4.99. The van der Waals surface area contributed by atoms with Crippen LogP contribution in [0.1, 0.15) is 25.0 Å². The van der Waals surface area contributed by atoms with Gasteiger partial charge in [0.15, 0.2) is 0 Å². The Morgan fingerprint density at radius 1 is 0.543 bits per heavy atom. The molecular weight excluding hydrogens is 556 g/mol. The zero-order valence-corrected chi connectivity index (χ0v) is 26.1. The van der Waals surface area contributed by atoms with Crippen LogP contribution in [0.3, 0.4) is 0 Å². The highest BCUT2D eigenvalue weighted by Gasteiger charge is 2.16. The molecule has 0 aliphatic rings. The smallest absolute Gasteiger partial charge is 0.0448 e. The van der Waals surface area contributed by atoms with Gasteiger partial charge in [-0.3, -0.25) is 9.98 Å². The summed E-state index contributed by atoms with van der Waals surface area (Å²) in [7, 11) is 0. The van der Waals surface area contributed by atoms with E-state index in [2.05, 4.69) is 158 Å². The van der Waals surface area contributed by atoms with Gasteiger partial charge in [0.2, 0.25) is 0 Å². The maximum atomic E-state index is 5.01. The van der Waals surface area contributed by atoms with Gasteiger partial charge in [-0.25, -0.2) is 0 Å². The van der Waals surface area contributed by atoms with E-state index in [4.69, 9.17) is 4.99 Å². The fourth-order valence-electron chi connectivity index (χ4n) is 6.38. The number of allylic oxidation sites excluding steroid dienone is 3. The van der Waals surface area contributed by atoms with Gasteiger partial charge in [0.25, 0.3) is 0 Å². The fourth-order valence-corrected chi connectivity index (χ4v) is 6.38. The normalized spacial score (nSPS) is 12.0. The first-order valence-corrected chi connectivity index (χ1v) is 15.6. The Morgan fingerprint density at radius 2 is 1.07 bits per heavy atom. The molecule has 0 amide bonds. The highest BCUT2D eigenvalue weighted by Crippen LogP contribution is 2.43. The molecule has 2 heteroatoms. The Hall–Kier alpha value is -5.86. The second-order valence-electron chi connectivity index (χ2n) is 11.6. The summed E-state index contributed by atoms with van der Waals surface area (Å²) >= 11 is 0. The molecule has 0 N–H and O–H groups in total. The third-order valence-electron chi connectivity index (χ3n) is 8.52. The van der Waals surface area contributed by atoms with Crippen LogP contribution >= 0.6 is 0 Å². The van der Waals surface area contributed by atoms with Gasteiger partial charge in [0.1, 0.15) is 0 Å². The molecule has 0 aliphatic heterocycles. The van der Waals surface area contributed by atoms with Crippen molar-refractivity contribution in [2.45, 2.75) is 13.8 Å². The first kappa shape index (κ1) is 28.9. The van der Waals surface area contributed by atoms with E-state index in [1.165, 1.54) is 43.8 Å². The van der Waals surface area contributed by atoms with Crippen LogP contribution in [0.4, 0.5) is 0 Å². The molecule has 7 rings (SSSR count). The molecule has 1 aromatic heterocycles. The predicted octanol–water partition coefficient (Wildman–Crippen LogP) is 11.8. The van der Waals surface area contributed by atoms with Crippen LogP contribution in [0, 0.1) is 0 Å². The molecule has 7 aromatic rings. The van der Waals surface area contributed by atoms with Gasteiger partial charge in [-0.2, -0.15) is 0 Å². The van der Waals surface area contributed by atoms with E-state index in [0.717, 1.165) is 39.2 Å². The largest absolute Gasteiger partial charge is 0.264 e. The number of hydrogen-bond donors (Lipinski definition) is 0. The molecule has 0 atom stereocenters. The van der Waals surface area contributed by atoms with Crippen molar-refractivity contribution in [3.63, 3.8) is 0 Å². The molecule has 0 fully saturated rings. The third kappa shape index (κ3) is 5.69. The molecule has 0 saturated carbocycles. The van der Waals surface area contributed by atoms with Gasteiger partial charge >= 0.3 is 0 Å². The summed E-state index contributed by atoms with van der Waals surface area (Å²) in [4.78, 5) is 9.28. The Kier molecular flexibility index (Phi) is 7.93. The molecule has 0 radical (unpaired) electrons. The Labute approximate surface area is 270 Å². The maximum Gasteiger partial charge on any atom is 0.0448 e. The average Bonchev–Trinajstić information content (AvgIpc) is 3.11. The lowest BCUT2D eigenvalue weighted by atomic mass is 9.85. The highest BCUT2D eigenvalue weighted by atomic mass is 14.7. The van der Waals surface area contributed by atoms with Crippen LogP contribution in [-0.2, 0) is 0 Å². The Morgan fingerprint density at radius 3 is 1.70 bits per heavy atom. The van der Waals surface area contributed by atoms with Gasteiger partial charge in [0, 0.05) is 29.4 Å². The lowest BCUT2D eigenvalue weighted by Gasteiger charge is -2.18. The SMILES string of the molecule is C=C(/C=C(C)\N=C(/C)c1cccc(-c2c3ccccc3c(-c3ccccc3)c3ccccc23)c1)c1cccc(-c2cccnc2)c1. The minimum Gasteiger partial charge on any atom is -0.264 e. The lowest BCUT2D eigenvalue weighted by Crippen LogP contribution is -1.97. The van der Waals surface area contributed by atoms with Crippen LogP contribution < -0.4 is 0 Å². The van der Waals surface area contributed by atoms with Gasteiger partial charge in [0.05, 0.1) is 0 Å². The van der Waals surface area contributed by atoms with Crippen LogP contribution in [0.2, 0.25) is 0 Å². The lowest BCUT2D eigenvalue weighted by molar-refractivity contribution is 1.29. The number of hydrogen-bond acceptors (Lipinski definition) is 2. The number of benzene rings is 6. The van der Waals surface area contributed by atoms with Crippen molar-refractivity contribution >= 4 is 32.8 Å². The quantitative estimate of drug-likeness (QED) is 0.103. The van der Waals surface area contributed by atoms with Crippen molar-refractivity contribution < 1.29 is 0 Å². The topological polar surface area (TPSA) is 25.2 Å². The van der Waals surface area contributed by atoms with Crippen LogP contribution in [0.25, 0.3) is 60.5 Å². The summed E-state index contributed by atoms with van der Waals surface area (Å²) in [5.41, 5.74) is 12.1. The van der Waals surface area contributed by atoms with E-state index in [1.54, 1.807) is 6.20 Å². The van der Waals surface area contributed by atoms with Crippen molar-refractivity contribution in [3.8, 4) is 33.4 Å². The van der Waals surface area contributed by atoms with Crippen LogP contribution in [-0.4, -0.2) is 10.7 Å². The van der Waals surface area contributed by atoms with Crippen molar-refractivity contribution in [2.75, 3.05) is 0 Å². The molecule has 1 heterocycles. The number of rotatable bonds is 7. The number of fused-ring (bicyclic) bond motifs is 2. The highest BCUT2D eigenvalue weighted by molar-refractivity contribution is 6.21. The zero-order chi connectivity index (χ0) is 31.5. The van der Waals surface area contributed by atoms with E-state index in [9.17, 15) is 0 Å². The van der Waals surface area contributed by atoms with E-state index >= 15 is 0 Å². The number of aromatic nitrogens is 1. The molecule has 6 aromatic carbocycles. The summed E-state index contributed by atoms with van der Waals surface area (Å²) in [6, 6.07) is 49.5. The fraction of sp³-hybridized carbons (Fsp3) is 0.0455. The third-order valence-corrected chi connectivity index (χ3v) is 8.52. The van der Waals surface area contributed by atoms with E-state index < -0.39 is 0 Å². The minimum absolute atomic E-state index is 0.905. The number of aliphatic imine (C=N–C) groups is 1. The van der Waals surface area contributed by atoms with Crippen molar-refractivity contribution in [3.05, 3.63) is 181 Å². The first-order chi connectivity index (χ1) is 22.6. The van der Waals surface area contributed by atoms with E-state index in [1.807, 2.05) is 19.2 Å². The van der Waals surface area contributed by atoms with Gasteiger partial charge < -0.3 is 0 Å². The van der Waals surface area contributed by atoms with Crippen molar-refractivity contribution in [1.82, 2.24) is 4.98 Å². The van der Waals surface area contributed by atoms with E-state index in [-0.39, 0.29) is 0 Å². The Bertz CT molecular complexity index is 2220. The second kappa shape index (κ2) is 12.6. The summed E-state index contributed by atoms with van der Waals surface area (Å²) in [6.07, 6.45) is 5.73. The molecule has 220 valence electrons. The molecule has 0 saturated heterocycles. The van der Waals surface area contributed by atoms with Gasteiger partial charge in [-0.1, -0.05) is 128 Å². The van der Waals surface area contributed by atoms with Gasteiger partial charge in [-0.05, 0) is 104 Å². The summed E-state index contributed by atoms with van der Waals surface area (Å²) in [5.74, 6) is 0. The van der Waals surface area contributed by atoms with Gasteiger partial charge in [-0.15, -0.1) is 0 Å². The van der Waals surface area contributed by atoms with Crippen LogP contribution in [0.15, 0.2) is 175 Å². The molecule has 0 unspecified atom stereocenters. The number of nitrogens with zero attached hydrogens (tertiary/aromatic N) is 2. The summed E-state index contributed by atoms with van der Waals surface area (Å²) in [6.45, 7) is 8.47. The van der Waals surface area contributed by atoms with Crippen molar-refractivity contribution in [2.24, 2.45) is 4.99 Å². The second-order valence-corrected chi connectivity index (χ2v) is 11.6. The maximum absolute atomic E-state index is 5.01. The molecule has 0 bridgehead atoms. The molecule has 0 aliphatic carbocycles. The zero-order valence-electron chi connectivity index (χ0n) is 26.1. The summed E-state index contributed by atoms with van der Waals surface area (Å²) < 4.78 is 0. The van der Waals surface area contributed by atoms with Crippen molar-refractivity contribution in [1.29, 1.82) is 0 Å². The minimum atomic E-state index is 0.905. The number of pyridine rings is 1. The first-order valence-electron chi connectivity index (χ1n) is 15.6. The molecule has 46 heavy (non-hydrogen) atoms.